The van der Waals surface area contributed by atoms with E-state index in [1.165, 1.54) is 96.3 Å². The molecule has 0 aromatic heterocycles. The summed E-state index contributed by atoms with van der Waals surface area (Å²) < 4.78 is 0. The quantitative estimate of drug-likeness (QED) is 0.117. The van der Waals surface area contributed by atoms with Gasteiger partial charge in [0.15, 0.2) is 0 Å². The molecular weight excluding hydrogens is 390 g/mol. The van der Waals surface area contributed by atoms with E-state index in [4.69, 9.17) is 19.9 Å². The van der Waals surface area contributed by atoms with Crippen LogP contribution in [0.3, 0.4) is 0 Å². The van der Waals surface area contributed by atoms with Crippen LogP contribution in [0.5, 0.6) is 0 Å². The Kier molecular flexibility index (Phi) is 24.3. The molecule has 0 saturated carbocycles. The van der Waals surface area contributed by atoms with E-state index in [0.29, 0.717) is 12.8 Å². The van der Waals surface area contributed by atoms with Gasteiger partial charge in [0.1, 0.15) is 0 Å². The van der Waals surface area contributed by atoms with Crippen molar-refractivity contribution < 1.29 is 19.9 Å². The zero-order chi connectivity index (χ0) is 23.0. The fourth-order valence-electron chi connectivity index (χ4n) is 3.79. The van der Waals surface area contributed by atoms with Crippen LogP contribution in [0.2, 0.25) is 0 Å². The molecule has 0 aliphatic heterocycles. The van der Waals surface area contributed by atoms with Crippen LogP contribution in [0.25, 0.3) is 0 Å². The second-order valence-corrected chi connectivity index (χ2v) is 9.22. The van der Waals surface area contributed by atoms with Crippen molar-refractivity contribution in [2.24, 2.45) is 0 Å². The van der Waals surface area contributed by atoms with Crippen LogP contribution in [0.4, 0.5) is 0 Å². The zero-order valence-corrected chi connectivity index (χ0v) is 21.2. The fraction of sp³-hybridized carbons (Fsp3) is 1.00. The highest BCUT2D eigenvalue weighted by Crippen LogP contribution is 2.14. The minimum atomic E-state index is -0.0765. The number of nitrogens with zero attached hydrogens (tertiary/aromatic N) is 1. The van der Waals surface area contributed by atoms with E-state index in [1.807, 2.05) is 13.8 Å². The molecule has 31 heavy (non-hydrogen) atoms. The Morgan fingerprint density at radius 3 is 1.19 bits per heavy atom. The van der Waals surface area contributed by atoms with Crippen molar-refractivity contribution in [2.75, 3.05) is 19.8 Å². The molecule has 2 N–H and O–H groups in total. The van der Waals surface area contributed by atoms with Gasteiger partial charge in [-0.25, -0.2) is 0 Å². The van der Waals surface area contributed by atoms with Gasteiger partial charge >= 0.3 is 0 Å². The minimum absolute atomic E-state index is 0.0765. The molecule has 5 heteroatoms. The molecule has 2 unspecified atom stereocenters. The largest absolute Gasteiger partial charge is 0.396 e. The maximum Gasteiger partial charge on any atom is 0.0813 e. The summed E-state index contributed by atoms with van der Waals surface area (Å²) in [4.78, 5) is 11.6. The van der Waals surface area contributed by atoms with E-state index in [-0.39, 0.29) is 25.4 Å². The van der Waals surface area contributed by atoms with Gasteiger partial charge in [0.25, 0.3) is 0 Å². The molecule has 0 aliphatic rings. The Morgan fingerprint density at radius 1 is 0.548 bits per heavy atom. The summed E-state index contributed by atoms with van der Waals surface area (Å²) in [7, 11) is 0. The van der Waals surface area contributed by atoms with Gasteiger partial charge < -0.3 is 10.2 Å². The van der Waals surface area contributed by atoms with E-state index < -0.39 is 0 Å². The molecule has 0 heterocycles. The summed E-state index contributed by atoms with van der Waals surface area (Å²) in [6.07, 6.45) is 22.7. The Labute approximate surface area is 193 Å². The smallest absolute Gasteiger partial charge is 0.0813 e. The van der Waals surface area contributed by atoms with Gasteiger partial charge in [0.05, 0.1) is 18.8 Å². The molecule has 188 valence electrons. The predicted molar refractivity (Wildman–Crippen MR) is 131 cm³/mol. The summed E-state index contributed by atoms with van der Waals surface area (Å²) in [6, 6.07) is 0. The predicted octanol–water partition coefficient (Wildman–Crippen LogP) is 6.95. The van der Waals surface area contributed by atoms with Crippen LogP contribution in [0.15, 0.2) is 0 Å². The van der Waals surface area contributed by atoms with Crippen LogP contribution < -0.4 is 0 Å². The maximum absolute atomic E-state index is 9.07. The van der Waals surface area contributed by atoms with E-state index in [2.05, 4.69) is 6.92 Å². The zero-order valence-electron chi connectivity index (χ0n) is 21.2. The molecule has 0 amide bonds. The number of aliphatic hydroxyl groups is 2. The SMILES string of the molecule is CCCCCCCCCCCCCCCCCCN(OC(C)CCO)OC(C)CCO. The number of rotatable bonds is 25. The first-order chi connectivity index (χ1) is 15.1. The van der Waals surface area contributed by atoms with Crippen molar-refractivity contribution in [3.8, 4) is 0 Å². The average molecular weight is 446 g/mol. The molecule has 0 aromatic rings. The molecular formula is C26H55NO4. The lowest BCUT2D eigenvalue weighted by Crippen LogP contribution is -2.33. The van der Waals surface area contributed by atoms with Crippen LogP contribution in [-0.4, -0.2) is 47.4 Å². The van der Waals surface area contributed by atoms with Gasteiger partial charge in [-0.1, -0.05) is 108 Å². The molecule has 0 saturated heterocycles. The van der Waals surface area contributed by atoms with Crippen molar-refractivity contribution in [1.29, 1.82) is 0 Å². The third-order valence-corrected chi connectivity index (χ3v) is 5.86. The van der Waals surface area contributed by atoms with Crippen molar-refractivity contribution in [1.82, 2.24) is 5.23 Å². The lowest BCUT2D eigenvalue weighted by Gasteiger charge is -2.27. The van der Waals surface area contributed by atoms with Gasteiger partial charge in [-0.05, 0) is 33.1 Å². The standard InChI is InChI=1S/C26H55NO4/c1-4-5-6-7-8-9-10-11-12-13-14-15-16-17-18-19-22-27(30-25(2)20-23-28)31-26(3)21-24-29/h25-26,28-29H,4-24H2,1-3H3. The first-order valence-corrected chi connectivity index (χ1v) is 13.5. The van der Waals surface area contributed by atoms with E-state index >= 15 is 0 Å². The third-order valence-electron chi connectivity index (χ3n) is 5.86. The van der Waals surface area contributed by atoms with Crippen molar-refractivity contribution in [3.05, 3.63) is 0 Å². The highest BCUT2D eigenvalue weighted by Gasteiger charge is 2.14. The van der Waals surface area contributed by atoms with Crippen LogP contribution in [0.1, 0.15) is 136 Å². The first-order valence-electron chi connectivity index (χ1n) is 13.5. The molecule has 0 aromatic carbocycles. The van der Waals surface area contributed by atoms with Gasteiger partial charge in [-0.15, -0.1) is 0 Å². The number of unbranched alkanes of at least 4 members (excludes halogenated alkanes) is 15. The van der Waals surface area contributed by atoms with E-state index in [9.17, 15) is 0 Å². The van der Waals surface area contributed by atoms with Gasteiger partial charge in [0.2, 0.25) is 0 Å². The second kappa shape index (κ2) is 24.4. The van der Waals surface area contributed by atoms with Gasteiger partial charge in [-0.3, -0.25) is 9.68 Å². The van der Waals surface area contributed by atoms with E-state index in [1.54, 1.807) is 5.23 Å². The Balaban J connectivity index is 3.58. The first kappa shape index (κ1) is 30.8. The highest BCUT2D eigenvalue weighted by atomic mass is 17.0. The summed E-state index contributed by atoms with van der Waals surface area (Å²) in [5, 5.41) is 19.7. The van der Waals surface area contributed by atoms with Crippen molar-refractivity contribution in [2.45, 2.75) is 149 Å². The summed E-state index contributed by atoms with van der Waals surface area (Å²) in [5.41, 5.74) is 0. The number of hydrogen-bond acceptors (Lipinski definition) is 5. The lowest BCUT2D eigenvalue weighted by atomic mass is 10.0. The van der Waals surface area contributed by atoms with Crippen LogP contribution in [0, 0.1) is 0 Å². The van der Waals surface area contributed by atoms with Crippen molar-refractivity contribution >= 4 is 0 Å². The summed E-state index contributed by atoms with van der Waals surface area (Å²) in [5.74, 6) is 0. The van der Waals surface area contributed by atoms with Crippen LogP contribution >= 0.6 is 0 Å². The molecule has 5 nitrogen and oxygen atoms in total. The van der Waals surface area contributed by atoms with Gasteiger partial charge in [0, 0.05) is 13.2 Å². The molecule has 0 fully saturated rings. The molecule has 0 bridgehead atoms. The summed E-state index contributed by atoms with van der Waals surface area (Å²) in [6.45, 7) is 7.11. The number of hydrogen-bond donors (Lipinski definition) is 2. The normalized spacial score (nSPS) is 13.7. The number of aliphatic hydroxyl groups excluding tert-OH is 2. The fourth-order valence-corrected chi connectivity index (χ4v) is 3.79. The van der Waals surface area contributed by atoms with Crippen LogP contribution in [-0.2, 0) is 9.68 Å². The topological polar surface area (TPSA) is 62.2 Å². The molecule has 0 rings (SSSR count). The monoisotopic (exact) mass is 445 g/mol. The van der Waals surface area contributed by atoms with E-state index in [0.717, 1.165) is 13.0 Å². The van der Waals surface area contributed by atoms with Gasteiger partial charge in [-0.2, -0.15) is 0 Å². The molecule has 0 aliphatic carbocycles. The number of hydroxylamine groups is 2. The van der Waals surface area contributed by atoms with Crippen molar-refractivity contribution in [3.63, 3.8) is 0 Å². The minimum Gasteiger partial charge on any atom is -0.396 e. The molecule has 0 spiro atoms. The third kappa shape index (κ3) is 22.8. The summed E-state index contributed by atoms with van der Waals surface area (Å²) >= 11 is 0. The Morgan fingerprint density at radius 2 is 0.871 bits per heavy atom. The lowest BCUT2D eigenvalue weighted by molar-refractivity contribution is -0.399. The highest BCUT2D eigenvalue weighted by molar-refractivity contribution is 4.52. The Bertz CT molecular complexity index is 329. The Hall–Kier alpha value is -0.200. The maximum atomic E-state index is 9.07. The average Bonchev–Trinajstić information content (AvgIpc) is 2.73. The second-order valence-electron chi connectivity index (χ2n) is 9.22. The molecule has 2 atom stereocenters. The molecule has 0 radical (unpaired) electrons.